The molecule has 0 saturated heterocycles. The molecule has 0 aromatic heterocycles. The van der Waals surface area contributed by atoms with Crippen LogP contribution in [0.3, 0.4) is 0 Å². The largest absolute Gasteiger partial charge is 0.103 e. The maximum Gasteiger partial charge on any atom is 0 e. The van der Waals surface area contributed by atoms with Crippen LogP contribution in [0.15, 0.2) is 50.6 Å². The Kier molecular flexibility index (Phi) is 16.9. The minimum Gasteiger partial charge on any atom is -0.103 e. The molecule has 0 amide bonds. The van der Waals surface area contributed by atoms with Crippen molar-refractivity contribution in [3.63, 3.8) is 0 Å². The van der Waals surface area contributed by atoms with Gasteiger partial charge >= 0.3 is 0 Å². The van der Waals surface area contributed by atoms with Crippen molar-refractivity contribution in [1.82, 2.24) is 0 Å². The quantitative estimate of drug-likeness (QED) is 0.285. The molecule has 0 bridgehead atoms. The fourth-order valence-electron chi connectivity index (χ4n) is 1.53. The monoisotopic (exact) mass is 360 g/mol. The first kappa shape index (κ1) is 19.8. The van der Waals surface area contributed by atoms with Gasteiger partial charge in [-0.05, 0) is 37.0 Å². The fraction of sp³-hybridized carbons (Fsp3) is 0.429. The second-order valence-electron chi connectivity index (χ2n) is 3.67. The van der Waals surface area contributed by atoms with Crippen molar-refractivity contribution in [3.05, 3.63) is 50.6 Å². The molecule has 0 atom stereocenters. The van der Waals surface area contributed by atoms with Gasteiger partial charge in [-0.2, -0.15) is 0 Å². The van der Waals surface area contributed by atoms with E-state index < -0.39 is 0 Å². The molecular weight excluding hydrogens is 337 g/mol. The Hall–Kier alpha value is 0.482. The van der Waals surface area contributed by atoms with Crippen molar-refractivity contribution in [2.24, 2.45) is 0 Å². The van der Waals surface area contributed by atoms with Crippen LogP contribution in [0, 0.1) is 0 Å². The minimum atomic E-state index is 0. The zero-order chi connectivity index (χ0) is 12.2. The van der Waals surface area contributed by atoms with Crippen molar-refractivity contribution in [1.29, 1.82) is 0 Å². The molecule has 0 aliphatic rings. The molecule has 0 aromatic carbocycles. The summed E-state index contributed by atoms with van der Waals surface area (Å²) in [6.07, 6.45) is 15.6. The molecule has 0 spiro atoms. The topological polar surface area (TPSA) is 0 Å². The summed E-state index contributed by atoms with van der Waals surface area (Å²) < 4.78 is 0. The summed E-state index contributed by atoms with van der Waals surface area (Å²) in [5, 5.41) is 0. The molecule has 0 N–H and O–H groups in total. The molecule has 0 rings (SSSR count). The number of hydrogen-bond donors (Lipinski definition) is 0. The second kappa shape index (κ2) is 14.5. The van der Waals surface area contributed by atoms with Gasteiger partial charge in [-0.3, -0.25) is 0 Å². The van der Waals surface area contributed by atoms with Gasteiger partial charge in [-0.25, -0.2) is 0 Å². The molecule has 0 aliphatic carbocycles. The third-order valence-electron chi connectivity index (χ3n) is 2.28. The van der Waals surface area contributed by atoms with Gasteiger partial charge in [0.1, 0.15) is 0 Å². The van der Waals surface area contributed by atoms with Crippen LogP contribution in [0.5, 0.6) is 0 Å². The molecule has 100 valence electrons. The fourth-order valence-corrected chi connectivity index (χ4v) is 6.28. The molecule has 0 aliphatic heterocycles. The summed E-state index contributed by atoms with van der Waals surface area (Å²) in [4.78, 5) is 0. The molecule has 0 nitrogen and oxygen atoms in total. The van der Waals surface area contributed by atoms with Crippen LogP contribution in [0.2, 0.25) is 0 Å². The zero-order valence-corrected chi connectivity index (χ0v) is 13.9. The van der Waals surface area contributed by atoms with Crippen molar-refractivity contribution < 1.29 is 20.4 Å². The Morgan fingerprint density at radius 2 is 0.824 bits per heavy atom. The SMILES string of the molecule is C=CCP(CC=C)CCP(CC=C)CC=C.[Pd]. The van der Waals surface area contributed by atoms with E-state index in [1.165, 1.54) is 37.0 Å². The summed E-state index contributed by atoms with van der Waals surface area (Å²) in [5.41, 5.74) is 0. The van der Waals surface area contributed by atoms with Crippen LogP contribution < -0.4 is 0 Å². The van der Waals surface area contributed by atoms with E-state index in [2.05, 4.69) is 50.6 Å². The van der Waals surface area contributed by atoms with Gasteiger partial charge in [-0.15, -0.1) is 26.3 Å². The molecule has 0 unspecified atom stereocenters. The van der Waals surface area contributed by atoms with Gasteiger partial charge in [0.25, 0.3) is 0 Å². The van der Waals surface area contributed by atoms with E-state index in [1.807, 2.05) is 0 Å². The van der Waals surface area contributed by atoms with Crippen LogP contribution in [0.25, 0.3) is 0 Å². The average molecular weight is 361 g/mol. The molecule has 3 heteroatoms. The van der Waals surface area contributed by atoms with E-state index in [9.17, 15) is 0 Å². The molecule has 0 aromatic rings. The maximum absolute atomic E-state index is 3.84. The van der Waals surface area contributed by atoms with Crippen molar-refractivity contribution >= 4 is 15.8 Å². The van der Waals surface area contributed by atoms with E-state index in [4.69, 9.17) is 0 Å². The zero-order valence-electron chi connectivity index (χ0n) is 10.6. The van der Waals surface area contributed by atoms with Crippen molar-refractivity contribution in [3.8, 4) is 0 Å². The third-order valence-corrected chi connectivity index (χ3v) is 7.44. The van der Waals surface area contributed by atoms with E-state index in [-0.39, 0.29) is 36.3 Å². The summed E-state index contributed by atoms with van der Waals surface area (Å²) in [6.45, 7) is 15.3. The predicted octanol–water partition coefficient (Wildman–Crippen LogP) is 4.69. The van der Waals surface area contributed by atoms with Crippen LogP contribution in [0.1, 0.15) is 0 Å². The summed E-state index contributed by atoms with van der Waals surface area (Å²) in [5.74, 6) is 0. The smallest absolute Gasteiger partial charge is 0 e. The first-order chi connectivity index (χ1) is 7.78. The van der Waals surface area contributed by atoms with Gasteiger partial charge in [0.05, 0.1) is 0 Å². The summed E-state index contributed by atoms with van der Waals surface area (Å²) in [7, 11) is 0.193. The molecule has 0 heterocycles. The Morgan fingerprint density at radius 3 is 1.00 bits per heavy atom. The van der Waals surface area contributed by atoms with Gasteiger partial charge < -0.3 is 0 Å². The van der Waals surface area contributed by atoms with E-state index >= 15 is 0 Å². The minimum absolute atomic E-state index is 0. The van der Waals surface area contributed by atoms with E-state index in [1.54, 1.807) is 0 Å². The Labute approximate surface area is 124 Å². The third kappa shape index (κ3) is 11.3. The Morgan fingerprint density at radius 1 is 0.588 bits per heavy atom. The van der Waals surface area contributed by atoms with Crippen LogP contribution in [-0.4, -0.2) is 37.0 Å². The van der Waals surface area contributed by atoms with Gasteiger partial charge in [0.15, 0.2) is 0 Å². The molecular formula is C14H24P2Pd. The summed E-state index contributed by atoms with van der Waals surface area (Å²) >= 11 is 0. The van der Waals surface area contributed by atoms with E-state index in [0.29, 0.717) is 0 Å². The first-order valence-corrected chi connectivity index (χ1v) is 9.46. The van der Waals surface area contributed by atoms with Gasteiger partial charge in [-0.1, -0.05) is 40.1 Å². The Balaban J connectivity index is 0. The first-order valence-electron chi connectivity index (χ1n) is 5.66. The number of rotatable bonds is 11. The van der Waals surface area contributed by atoms with E-state index in [0.717, 1.165) is 0 Å². The Bertz CT molecular complexity index is 182. The standard InChI is InChI=1S/C14H24P2.Pd/c1-5-9-15(10-6-2)13-14-16(11-7-3)12-8-4;/h5-8H,1-4,9-14H2;. The van der Waals surface area contributed by atoms with Crippen molar-refractivity contribution in [2.75, 3.05) is 37.0 Å². The molecule has 0 fully saturated rings. The average Bonchev–Trinajstić information content (AvgIpc) is 2.27. The predicted molar refractivity (Wildman–Crippen MR) is 83.8 cm³/mol. The number of hydrogen-bond acceptors (Lipinski definition) is 0. The van der Waals surface area contributed by atoms with Gasteiger partial charge in [0.2, 0.25) is 0 Å². The van der Waals surface area contributed by atoms with Crippen molar-refractivity contribution in [2.45, 2.75) is 0 Å². The maximum atomic E-state index is 3.84. The number of allylic oxidation sites excluding steroid dienone is 4. The second-order valence-corrected chi connectivity index (χ2v) is 8.71. The van der Waals surface area contributed by atoms with Crippen LogP contribution in [-0.2, 0) is 20.4 Å². The summed E-state index contributed by atoms with van der Waals surface area (Å²) in [6, 6.07) is 0. The molecule has 0 radical (unpaired) electrons. The molecule has 0 saturated carbocycles. The molecule has 17 heavy (non-hydrogen) atoms. The van der Waals surface area contributed by atoms with Crippen LogP contribution in [0.4, 0.5) is 0 Å². The van der Waals surface area contributed by atoms with Gasteiger partial charge in [0, 0.05) is 20.4 Å². The normalized spacial score (nSPS) is 9.76. The van der Waals surface area contributed by atoms with Crippen LogP contribution >= 0.6 is 15.8 Å².